The summed E-state index contributed by atoms with van der Waals surface area (Å²) in [5.74, 6) is 0.778. The van der Waals surface area contributed by atoms with Crippen molar-refractivity contribution in [3.8, 4) is 0 Å². The molecule has 1 N–H and O–H groups in total. The first-order valence-electron chi connectivity index (χ1n) is 6.78. The topological polar surface area (TPSA) is 41.6 Å². The standard InChI is InChI=1S/C13H25BrN2O2/c1-11(2)9-12(10-15-13(17)3-4-14)16-5-7-18-8-6-16/h11-12H,3-10H2,1-2H3,(H,15,17). The quantitative estimate of drug-likeness (QED) is 0.725. The first-order valence-corrected chi connectivity index (χ1v) is 7.90. The van der Waals surface area contributed by atoms with Gasteiger partial charge in [-0.05, 0) is 12.3 Å². The summed E-state index contributed by atoms with van der Waals surface area (Å²) in [6.07, 6.45) is 1.67. The summed E-state index contributed by atoms with van der Waals surface area (Å²) in [7, 11) is 0. The molecule has 1 aliphatic heterocycles. The number of carbonyl (C=O) groups is 1. The van der Waals surface area contributed by atoms with E-state index in [1.165, 1.54) is 0 Å². The van der Waals surface area contributed by atoms with Crippen LogP contribution in [0.4, 0.5) is 0 Å². The molecule has 1 heterocycles. The molecule has 1 unspecified atom stereocenters. The fraction of sp³-hybridized carbons (Fsp3) is 0.923. The van der Waals surface area contributed by atoms with Gasteiger partial charge in [0, 0.05) is 37.4 Å². The van der Waals surface area contributed by atoms with Gasteiger partial charge in [-0.1, -0.05) is 29.8 Å². The summed E-state index contributed by atoms with van der Waals surface area (Å²) in [5.41, 5.74) is 0. The molecule has 0 aromatic rings. The Kier molecular flexibility index (Phi) is 7.86. The van der Waals surface area contributed by atoms with Crippen molar-refractivity contribution in [2.45, 2.75) is 32.7 Å². The highest BCUT2D eigenvalue weighted by atomic mass is 79.9. The van der Waals surface area contributed by atoms with Crippen molar-refractivity contribution in [3.63, 3.8) is 0 Å². The fourth-order valence-electron chi connectivity index (χ4n) is 2.25. The Labute approximate surface area is 119 Å². The monoisotopic (exact) mass is 320 g/mol. The molecule has 4 nitrogen and oxygen atoms in total. The summed E-state index contributed by atoms with van der Waals surface area (Å²) >= 11 is 3.29. The molecule has 5 heteroatoms. The van der Waals surface area contributed by atoms with E-state index in [9.17, 15) is 4.79 Å². The summed E-state index contributed by atoms with van der Waals surface area (Å²) in [5, 5.41) is 3.76. The second-order valence-corrected chi connectivity index (χ2v) is 5.97. The first kappa shape index (κ1) is 15.9. The number of rotatable bonds is 7. The Morgan fingerprint density at radius 2 is 2.06 bits per heavy atom. The zero-order chi connectivity index (χ0) is 13.4. The van der Waals surface area contributed by atoms with Crippen molar-refractivity contribution in [1.29, 1.82) is 0 Å². The van der Waals surface area contributed by atoms with Gasteiger partial charge in [0.2, 0.25) is 5.91 Å². The summed E-state index contributed by atoms with van der Waals surface area (Å²) < 4.78 is 5.38. The second kappa shape index (κ2) is 8.88. The first-order chi connectivity index (χ1) is 8.63. The zero-order valence-corrected chi connectivity index (χ0v) is 13.0. The van der Waals surface area contributed by atoms with Crippen LogP contribution < -0.4 is 5.32 Å². The van der Waals surface area contributed by atoms with Crippen molar-refractivity contribution < 1.29 is 9.53 Å². The Morgan fingerprint density at radius 3 is 2.61 bits per heavy atom. The van der Waals surface area contributed by atoms with Crippen molar-refractivity contribution in [3.05, 3.63) is 0 Å². The number of morpholine rings is 1. The number of hydrogen-bond donors (Lipinski definition) is 1. The van der Waals surface area contributed by atoms with Crippen LogP contribution in [0.2, 0.25) is 0 Å². The third kappa shape index (κ3) is 6.16. The lowest BCUT2D eigenvalue weighted by molar-refractivity contribution is -0.121. The molecule has 1 saturated heterocycles. The molecule has 0 saturated carbocycles. The molecule has 0 bridgehead atoms. The van der Waals surface area contributed by atoms with Gasteiger partial charge < -0.3 is 10.1 Å². The minimum Gasteiger partial charge on any atom is -0.379 e. The Hall–Kier alpha value is -0.130. The lowest BCUT2D eigenvalue weighted by atomic mass is 10.0. The Bertz CT molecular complexity index is 243. The summed E-state index contributed by atoms with van der Waals surface area (Å²) in [6.45, 7) is 8.79. The number of hydrogen-bond acceptors (Lipinski definition) is 3. The van der Waals surface area contributed by atoms with Gasteiger partial charge in [0.15, 0.2) is 0 Å². The van der Waals surface area contributed by atoms with Crippen LogP contribution in [0.15, 0.2) is 0 Å². The van der Waals surface area contributed by atoms with E-state index in [4.69, 9.17) is 4.74 Å². The number of amides is 1. The molecule has 18 heavy (non-hydrogen) atoms. The number of halogens is 1. The highest BCUT2D eigenvalue weighted by molar-refractivity contribution is 9.09. The van der Waals surface area contributed by atoms with Gasteiger partial charge in [-0.25, -0.2) is 0 Å². The third-order valence-corrected chi connectivity index (χ3v) is 3.56. The highest BCUT2D eigenvalue weighted by Crippen LogP contribution is 2.13. The lowest BCUT2D eigenvalue weighted by Crippen LogP contribution is -2.49. The molecule has 0 radical (unpaired) electrons. The third-order valence-electron chi connectivity index (χ3n) is 3.16. The van der Waals surface area contributed by atoms with Gasteiger partial charge in [0.05, 0.1) is 13.2 Å². The van der Waals surface area contributed by atoms with Gasteiger partial charge in [0.25, 0.3) is 0 Å². The Morgan fingerprint density at radius 1 is 1.39 bits per heavy atom. The zero-order valence-electron chi connectivity index (χ0n) is 11.5. The van der Waals surface area contributed by atoms with Crippen LogP contribution in [0, 0.1) is 5.92 Å². The van der Waals surface area contributed by atoms with Crippen LogP contribution in [0.3, 0.4) is 0 Å². The predicted octanol–water partition coefficient (Wildman–Crippen LogP) is 1.63. The second-order valence-electron chi connectivity index (χ2n) is 5.17. The van der Waals surface area contributed by atoms with Crippen molar-refractivity contribution >= 4 is 21.8 Å². The van der Waals surface area contributed by atoms with Crippen molar-refractivity contribution in [2.75, 3.05) is 38.2 Å². The van der Waals surface area contributed by atoms with Gasteiger partial charge in [-0.3, -0.25) is 9.69 Å². The molecular formula is C13H25BrN2O2. The largest absolute Gasteiger partial charge is 0.379 e. The maximum absolute atomic E-state index is 11.5. The average molecular weight is 321 g/mol. The fourth-order valence-corrected chi connectivity index (χ4v) is 2.61. The average Bonchev–Trinajstić information content (AvgIpc) is 2.35. The van der Waals surface area contributed by atoms with Crippen LogP contribution >= 0.6 is 15.9 Å². The molecule has 0 spiro atoms. The maximum Gasteiger partial charge on any atom is 0.220 e. The molecule has 0 aromatic carbocycles. The van der Waals surface area contributed by atoms with Gasteiger partial charge in [-0.15, -0.1) is 0 Å². The van der Waals surface area contributed by atoms with Crippen LogP contribution in [0.1, 0.15) is 26.7 Å². The van der Waals surface area contributed by atoms with E-state index in [0.29, 0.717) is 18.4 Å². The maximum atomic E-state index is 11.5. The Balaban J connectivity index is 2.41. The van der Waals surface area contributed by atoms with E-state index in [1.54, 1.807) is 0 Å². The molecule has 1 atom stereocenters. The molecule has 1 aliphatic rings. The van der Waals surface area contributed by atoms with Crippen molar-refractivity contribution in [2.24, 2.45) is 5.92 Å². The number of nitrogens with zero attached hydrogens (tertiary/aromatic N) is 1. The van der Waals surface area contributed by atoms with Crippen LogP contribution in [0.25, 0.3) is 0 Å². The van der Waals surface area contributed by atoms with E-state index in [1.807, 2.05) is 0 Å². The van der Waals surface area contributed by atoms with Crippen molar-refractivity contribution in [1.82, 2.24) is 10.2 Å². The molecule has 1 amide bonds. The molecular weight excluding hydrogens is 296 g/mol. The molecule has 1 rings (SSSR count). The van der Waals surface area contributed by atoms with E-state index in [0.717, 1.165) is 44.6 Å². The predicted molar refractivity (Wildman–Crippen MR) is 77.1 cm³/mol. The van der Waals surface area contributed by atoms with Gasteiger partial charge in [0.1, 0.15) is 0 Å². The van der Waals surface area contributed by atoms with E-state index < -0.39 is 0 Å². The van der Waals surface area contributed by atoms with Gasteiger partial charge in [-0.2, -0.15) is 0 Å². The van der Waals surface area contributed by atoms with E-state index in [-0.39, 0.29) is 5.91 Å². The summed E-state index contributed by atoms with van der Waals surface area (Å²) in [6, 6.07) is 0.438. The minimum absolute atomic E-state index is 0.133. The molecule has 106 valence electrons. The van der Waals surface area contributed by atoms with Crippen LogP contribution in [-0.2, 0) is 9.53 Å². The SMILES string of the molecule is CC(C)CC(CNC(=O)CCBr)N1CCOCC1. The lowest BCUT2D eigenvalue weighted by Gasteiger charge is -2.35. The normalized spacial score (nSPS) is 18.9. The highest BCUT2D eigenvalue weighted by Gasteiger charge is 2.22. The van der Waals surface area contributed by atoms with Gasteiger partial charge >= 0.3 is 0 Å². The molecule has 0 aliphatic carbocycles. The number of ether oxygens (including phenoxy) is 1. The van der Waals surface area contributed by atoms with E-state index >= 15 is 0 Å². The molecule has 1 fully saturated rings. The molecule has 0 aromatic heterocycles. The van der Waals surface area contributed by atoms with E-state index in [2.05, 4.69) is 40.0 Å². The number of nitrogens with one attached hydrogen (secondary N) is 1. The van der Waals surface area contributed by atoms with Crippen LogP contribution in [0.5, 0.6) is 0 Å². The number of carbonyl (C=O) groups excluding carboxylic acids is 1. The summed E-state index contributed by atoms with van der Waals surface area (Å²) in [4.78, 5) is 14.0. The smallest absolute Gasteiger partial charge is 0.220 e. The minimum atomic E-state index is 0.133. The number of alkyl halides is 1. The van der Waals surface area contributed by atoms with Crippen LogP contribution in [-0.4, -0.2) is 55.0 Å².